The minimum Gasteiger partial charge on any atom is -0.348 e. The minimum absolute atomic E-state index is 0.0648. The molecule has 0 atom stereocenters. The highest BCUT2D eigenvalue weighted by Gasteiger charge is 2.14. The summed E-state index contributed by atoms with van der Waals surface area (Å²) in [4.78, 5) is 12.5. The van der Waals surface area contributed by atoms with Crippen molar-refractivity contribution in [3.8, 4) is 0 Å². The number of aryl methyl sites for hydroxylation is 2. The number of carbonyl (C=O) groups is 1. The van der Waals surface area contributed by atoms with E-state index >= 15 is 0 Å². The summed E-state index contributed by atoms with van der Waals surface area (Å²) < 4.78 is 1.76. The lowest BCUT2D eigenvalue weighted by Gasteiger charge is -2.19. The average Bonchev–Trinajstić information content (AvgIpc) is 2.88. The van der Waals surface area contributed by atoms with E-state index in [1.807, 2.05) is 38.4 Å². The fourth-order valence-electron chi connectivity index (χ4n) is 2.95. The van der Waals surface area contributed by atoms with Gasteiger partial charge in [-0.25, -0.2) is 0 Å². The van der Waals surface area contributed by atoms with Gasteiger partial charge in [-0.2, -0.15) is 5.10 Å². The molecule has 3 rings (SSSR count). The van der Waals surface area contributed by atoms with Gasteiger partial charge in [0.15, 0.2) is 0 Å². The third-order valence-electron chi connectivity index (χ3n) is 4.52. The van der Waals surface area contributed by atoms with E-state index in [1.54, 1.807) is 4.68 Å². The Hall–Kier alpha value is -2.62. The quantitative estimate of drug-likeness (QED) is 0.783. The zero-order valence-electron chi connectivity index (χ0n) is 15.6. The molecule has 1 heterocycles. The second-order valence-corrected chi connectivity index (χ2v) is 7.62. The predicted molar refractivity (Wildman–Crippen MR) is 102 cm³/mol. The summed E-state index contributed by atoms with van der Waals surface area (Å²) in [7, 11) is 1.88. The second kappa shape index (κ2) is 6.36. The SMILES string of the molecule is Cc1nn(C)cc1CNC(=O)c1ccc2cc(C(C)(C)C)ccc2c1. The molecule has 0 radical (unpaired) electrons. The molecule has 1 aromatic heterocycles. The number of rotatable bonds is 3. The van der Waals surface area contributed by atoms with Crippen LogP contribution in [0.4, 0.5) is 0 Å². The van der Waals surface area contributed by atoms with E-state index in [-0.39, 0.29) is 11.3 Å². The molecule has 4 nitrogen and oxygen atoms in total. The summed E-state index contributed by atoms with van der Waals surface area (Å²) in [5.41, 5.74) is 4.07. The van der Waals surface area contributed by atoms with Crippen LogP contribution in [0.15, 0.2) is 42.6 Å². The van der Waals surface area contributed by atoms with Crippen LogP contribution in [0.3, 0.4) is 0 Å². The van der Waals surface area contributed by atoms with E-state index in [1.165, 1.54) is 5.56 Å². The van der Waals surface area contributed by atoms with Gasteiger partial charge in [-0.15, -0.1) is 0 Å². The van der Waals surface area contributed by atoms with Crippen LogP contribution in [0.5, 0.6) is 0 Å². The fourth-order valence-corrected chi connectivity index (χ4v) is 2.95. The highest BCUT2D eigenvalue weighted by atomic mass is 16.1. The Morgan fingerprint density at radius 2 is 1.80 bits per heavy atom. The van der Waals surface area contributed by atoms with Gasteiger partial charge in [-0.1, -0.05) is 45.0 Å². The summed E-state index contributed by atoms with van der Waals surface area (Å²) in [6.07, 6.45) is 1.93. The van der Waals surface area contributed by atoms with E-state index in [9.17, 15) is 4.79 Å². The number of aromatic nitrogens is 2. The van der Waals surface area contributed by atoms with Crippen LogP contribution in [0.2, 0.25) is 0 Å². The Labute approximate surface area is 148 Å². The lowest BCUT2D eigenvalue weighted by molar-refractivity contribution is 0.0951. The first-order valence-electron chi connectivity index (χ1n) is 8.55. The van der Waals surface area contributed by atoms with Crippen LogP contribution >= 0.6 is 0 Å². The maximum atomic E-state index is 12.5. The minimum atomic E-state index is -0.0648. The largest absolute Gasteiger partial charge is 0.348 e. The van der Waals surface area contributed by atoms with Gasteiger partial charge in [0.1, 0.15) is 0 Å². The van der Waals surface area contributed by atoms with Crippen molar-refractivity contribution < 1.29 is 4.79 Å². The Kier molecular flexibility index (Phi) is 4.38. The molecule has 0 saturated carbocycles. The van der Waals surface area contributed by atoms with Crippen molar-refractivity contribution in [2.45, 2.75) is 39.7 Å². The number of hydrogen-bond donors (Lipinski definition) is 1. The summed E-state index contributed by atoms with van der Waals surface area (Å²) in [5, 5.41) is 9.51. The molecule has 0 fully saturated rings. The van der Waals surface area contributed by atoms with Crippen LogP contribution < -0.4 is 5.32 Å². The van der Waals surface area contributed by atoms with Crippen molar-refractivity contribution >= 4 is 16.7 Å². The van der Waals surface area contributed by atoms with Gasteiger partial charge in [0.2, 0.25) is 0 Å². The van der Waals surface area contributed by atoms with Gasteiger partial charge < -0.3 is 5.32 Å². The number of nitrogens with zero attached hydrogens (tertiary/aromatic N) is 2. The summed E-state index contributed by atoms with van der Waals surface area (Å²) in [6.45, 7) is 9.05. The van der Waals surface area contributed by atoms with E-state index in [0.29, 0.717) is 12.1 Å². The first-order valence-corrected chi connectivity index (χ1v) is 8.55. The lowest BCUT2D eigenvalue weighted by Crippen LogP contribution is -2.22. The van der Waals surface area contributed by atoms with E-state index in [4.69, 9.17) is 0 Å². The van der Waals surface area contributed by atoms with Gasteiger partial charge in [-0.3, -0.25) is 9.48 Å². The molecule has 2 aromatic carbocycles. The summed E-state index contributed by atoms with van der Waals surface area (Å²) in [5.74, 6) is -0.0648. The molecular formula is C21H25N3O. The van der Waals surface area contributed by atoms with E-state index in [0.717, 1.165) is 22.0 Å². The monoisotopic (exact) mass is 335 g/mol. The van der Waals surface area contributed by atoms with Crippen molar-refractivity contribution in [2.24, 2.45) is 7.05 Å². The van der Waals surface area contributed by atoms with Crippen molar-refractivity contribution in [2.75, 3.05) is 0 Å². The lowest BCUT2D eigenvalue weighted by atomic mass is 9.86. The number of fused-ring (bicyclic) bond motifs is 1. The van der Waals surface area contributed by atoms with Crippen molar-refractivity contribution in [1.82, 2.24) is 15.1 Å². The van der Waals surface area contributed by atoms with Crippen LogP contribution in [0.25, 0.3) is 10.8 Å². The van der Waals surface area contributed by atoms with E-state index < -0.39 is 0 Å². The smallest absolute Gasteiger partial charge is 0.251 e. The molecule has 25 heavy (non-hydrogen) atoms. The standard InChI is InChI=1S/C21H25N3O/c1-14-18(13-24(5)23-14)12-22-20(25)17-7-6-16-11-19(21(2,3)4)9-8-15(16)10-17/h6-11,13H,12H2,1-5H3,(H,22,25). The third kappa shape index (κ3) is 3.73. The molecule has 0 aliphatic carbocycles. The predicted octanol–water partition coefficient (Wildman–Crippen LogP) is 4.11. The topological polar surface area (TPSA) is 46.9 Å². The number of benzene rings is 2. The molecule has 130 valence electrons. The molecule has 0 spiro atoms. The Bertz CT molecular complexity index is 932. The zero-order chi connectivity index (χ0) is 18.2. The summed E-state index contributed by atoms with van der Waals surface area (Å²) in [6, 6.07) is 12.3. The molecule has 0 saturated heterocycles. The maximum Gasteiger partial charge on any atom is 0.251 e. The molecule has 3 aromatic rings. The fraction of sp³-hybridized carbons (Fsp3) is 0.333. The number of nitrogens with one attached hydrogen (secondary N) is 1. The summed E-state index contributed by atoms with van der Waals surface area (Å²) >= 11 is 0. The van der Waals surface area contributed by atoms with Gasteiger partial charge in [0.05, 0.1) is 5.69 Å². The Balaban J connectivity index is 1.79. The Morgan fingerprint density at radius 3 is 2.44 bits per heavy atom. The molecular weight excluding hydrogens is 310 g/mol. The molecule has 1 amide bonds. The van der Waals surface area contributed by atoms with Gasteiger partial charge in [0, 0.05) is 30.9 Å². The average molecular weight is 335 g/mol. The first-order chi connectivity index (χ1) is 11.7. The first kappa shape index (κ1) is 17.2. The molecule has 1 N–H and O–H groups in total. The molecule has 0 aliphatic heterocycles. The van der Waals surface area contributed by atoms with Crippen molar-refractivity contribution in [3.05, 3.63) is 65.0 Å². The molecule has 0 bridgehead atoms. The van der Waals surface area contributed by atoms with Crippen molar-refractivity contribution in [1.29, 1.82) is 0 Å². The van der Waals surface area contributed by atoms with Crippen LogP contribution in [0.1, 0.15) is 48.0 Å². The highest BCUT2D eigenvalue weighted by molar-refractivity contribution is 5.98. The zero-order valence-corrected chi connectivity index (χ0v) is 15.6. The van der Waals surface area contributed by atoms with Crippen molar-refractivity contribution in [3.63, 3.8) is 0 Å². The number of hydrogen-bond acceptors (Lipinski definition) is 2. The number of carbonyl (C=O) groups excluding carboxylic acids is 1. The van der Waals surface area contributed by atoms with Gasteiger partial charge >= 0.3 is 0 Å². The van der Waals surface area contributed by atoms with Gasteiger partial charge in [-0.05, 0) is 40.8 Å². The maximum absolute atomic E-state index is 12.5. The van der Waals surface area contributed by atoms with Crippen LogP contribution in [-0.4, -0.2) is 15.7 Å². The molecule has 0 aliphatic rings. The molecule has 0 unspecified atom stereocenters. The normalized spacial score (nSPS) is 11.7. The Morgan fingerprint density at radius 1 is 1.12 bits per heavy atom. The molecule has 4 heteroatoms. The van der Waals surface area contributed by atoms with Crippen LogP contribution in [-0.2, 0) is 19.0 Å². The van der Waals surface area contributed by atoms with Gasteiger partial charge in [0.25, 0.3) is 5.91 Å². The van der Waals surface area contributed by atoms with E-state index in [2.05, 4.69) is 49.4 Å². The second-order valence-electron chi connectivity index (χ2n) is 7.62. The highest BCUT2D eigenvalue weighted by Crippen LogP contribution is 2.26. The third-order valence-corrected chi connectivity index (χ3v) is 4.52. The van der Waals surface area contributed by atoms with Crippen LogP contribution in [0, 0.1) is 6.92 Å². The number of amides is 1.